The molecule has 230 valence electrons. The Morgan fingerprint density at radius 2 is 1.09 bits per heavy atom. The van der Waals surface area contributed by atoms with Crippen molar-refractivity contribution < 1.29 is 24.2 Å². The predicted octanol–water partition coefficient (Wildman–Crippen LogP) is 6.87. The maximum atomic E-state index is 13.7. The Labute approximate surface area is 267 Å². The van der Waals surface area contributed by atoms with E-state index in [0.29, 0.717) is 0 Å². The molecule has 46 heavy (non-hydrogen) atoms. The van der Waals surface area contributed by atoms with Crippen LogP contribution in [0, 0.1) is 0 Å². The highest BCUT2D eigenvalue weighted by atomic mass is 16.5. The molecule has 5 aromatic rings. The summed E-state index contributed by atoms with van der Waals surface area (Å²) >= 11 is 0. The number of carbonyl (C=O) groups excluding carboxylic acids is 2. The normalized spacial score (nSPS) is 12.8. The fourth-order valence-electron chi connectivity index (χ4n) is 6.37. The topological polar surface area (TPSA) is 105 Å². The lowest BCUT2D eigenvalue weighted by atomic mass is 9.77. The van der Waals surface area contributed by atoms with Gasteiger partial charge in [-0.3, -0.25) is 4.79 Å². The van der Waals surface area contributed by atoms with Crippen molar-refractivity contribution in [1.82, 2.24) is 10.6 Å². The summed E-state index contributed by atoms with van der Waals surface area (Å²) in [7, 11) is 0. The Hall–Kier alpha value is -5.69. The van der Waals surface area contributed by atoms with Crippen LogP contribution in [0.4, 0.5) is 4.79 Å². The number of carbonyl (C=O) groups is 3. The van der Waals surface area contributed by atoms with Gasteiger partial charge in [0.15, 0.2) is 0 Å². The summed E-state index contributed by atoms with van der Waals surface area (Å²) in [5.41, 5.74) is 5.84. The van der Waals surface area contributed by atoms with Gasteiger partial charge in [-0.15, -0.1) is 0 Å². The molecule has 7 nitrogen and oxygen atoms in total. The molecule has 1 aliphatic rings. The van der Waals surface area contributed by atoms with Gasteiger partial charge in [0, 0.05) is 12.3 Å². The van der Waals surface area contributed by atoms with Gasteiger partial charge in [-0.25, -0.2) is 9.59 Å². The van der Waals surface area contributed by atoms with Crippen molar-refractivity contribution in [1.29, 1.82) is 0 Å². The molecule has 0 fully saturated rings. The number of ether oxygens (including phenoxy) is 1. The minimum Gasteiger partial charge on any atom is -0.480 e. The maximum absolute atomic E-state index is 13.7. The van der Waals surface area contributed by atoms with Crippen LogP contribution in [-0.4, -0.2) is 35.7 Å². The molecule has 1 aliphatic carbocycles. The zero-order valence-electron chi connectivity index (χ0n) is 25.1. The first-order chi connectivity index (χ1) is 22.5. The molecule has 2 amide bonds. The van der Waals surface area contributed by atoms with Crippen LogP contribution in [0.15, 0.2) is 140 Å². The van der Waals surface area contributed by atoms with Crippen LogP contribution in [0.25, 0.3) is 11.1 Å². The second kappa shape index (κ2) is 13.5. The SMILES string of the molecule is O=C(CC[C@@H](NC(=O)OCC1c2ccccc2-c2ccccc21)C(=O)O)NC(c1ccccc1)(c1ccccc1)c1ccccc1. The fraction of sp³-hybridized carbons (Fsp3) is 0.154. The van der Waals surface area contributed by atoms with E-state index in [1.54, 1.807) is 0 Å². The molecule has 3 N–H and O–H groups in total. The van der Waals surface area contributed by atoms with Gasteiger partial charge >= 0.3 is 12.1 Å². The van der Waals surface area contributed by atoms with E-state index >= 15 is 0 Å². The summed E-state index contributed by atoms with van der Waals surface area (Å²) < 4.78 is 5.57. The number of nitrogens with one attached hydrogen (secondary N) is 2. The van der Waals surface area contributed by atoms with E-state index in [1.165, 1.54) is 0 Å². The third-order valence-electron chi connectivity index (χ3n) is 8.54. The van der Waals surface area contributed by atoms with Crippen molar-refractivity contribution in [3.63, 3.8) is 0 Å². The highest BCUT2D eigenvalue weighted by Crippen LogP contribution is 2.44. The second-order valence-corrected chi connectivity index (χ2v) is 11.3. The Bertz CT molecular complexity index is 1680. The summed E-state index contributed by atoms with van der Waals surface area (Å²) in [5, 5.41) is 15.6. The average Bonchev–Trinajstić information content (AvgIpc) is 3.42. The highest BCUT2D eigenvalue weighted by Gasteiger charge is 2.38. The van der Waals surface area contributed by atoms with E-state index in [0.717, 1.165) is 38.9 Å². The van der Waals surface area contributed by atoms with Crippen LogP contribution >= 0.6 is 0 Å². The van der Waals surface area contributed by atoms with Crippen molar-refractivity contribution >= 4 is 18.0 Å². The monoisotopic (exact) mass is 610 g/mol. The fourth-order valence-corrected chi connectivity index (χ4v) is 6.37. The van der Waals surface area contributed by atoms with E-state index in [4.69, 9.17) is 4.74 Å². The van der Waals surface area contributed by atoms with Crippen LogP contribution < -0.4 is 10.6 Å². The van der Waals surface area contributed by atoms with E-state index in [2.05, 4.69) is 10.6 Å². The molecule has 0 unspecified atom stereocenters. The first-order valence-corrected chi connectivity index (χ1v) is 15.3. The standard InChI is InChI=1S/C39H34N2O5/c42-36(41-39(27-14-4-1-5-15-27,28-16-6-2-7-17-28)29-18-8-3-9-19-29)25-24-35(37(43)44)40-38(45)46-26-34-32-22-12-10-20-30(32)31-21-11-13-23-33(31)34/h1-23,34-35H,24-26H2,(H,40,45)(H,41,42)(H,43,44)/t35-/m1/s1. The number of hydrogen-bond donors (Lipinski definition) is 3. The third-order valence-corrected chi connectivity index (χ3v) is 8.54. The van der Waals surface area contributed by atoms with Gasteiger partial charge in [-0.2, -0.15) is 0 Å². The number of hydrogen-bond acceptors (Lipinski definition) is 4. The van der Waals surface area contributed by atoms with Crippen molar-refractivity contribution in [3.8, 4) is 11.1 Å². The second-order valence-electron chi connectivity index (χ2n) is 11.3. The molecule has 0 saturated heterocycles. The molecule has 7 heteroatoms. The summed E-state index contributed by atoms with van der Waals surface area (Å²) in [6.07, 6.45) is -1.11. The lowest BCUT2D eigenvalue weighted by molar-refractivity contribution is -0.139. The first kappa shape index (κ1) is 30.3. The Morgan fingerprint density at radius 3 is 1.54 bits per heavy atom. The largest absolute Gasteiger partial charge is 0.480 e. The van der Waals surface area contributed by atoms with Gasteiger partial charge in [-0.05, 0) is 45.4 Å². The number of alkyl carbamates (subject to hydrolysis) is 1. The minimum absolute atomic E-state index is 0.0560. The zero-order valence-corrected chi connectivity index (χ0v) is 25.1. The van der Waals surface area contributed by atoms with Crippen LogP contribution in [0.5, 0.6) is 0 Å². The predicted molar refractivity (Wildman–Crippen MR) is 176 cm³/mol. The van der Waals surface area contributed by atoms with Crippen molar-refractivity contribution in [2.45, 2.75) is 30.3 Å². The Balaban J connectivity index is 1.15. The molecule has 5 aromatic carbocycles. The summed E-state index contributed by atoms with van der Waals surface area (Å²) in [4.78, 5) is 38.7. The quantitative estimate of drug-likeness (QED) is 0.142. The maximum Gasteiger partial charge on any atom is 0.407 e. The smallest absolute Gasteiger partial charge is 0.407 e. The van der Waals surface area contributed by atoms with Crippen LogP contribution in [-0.2, 0) is 19.9 Å². The lowest BCUT2D eigenvalue weighted by Gasteiger charge is -2.37. The lowest BCUT2D eigenvalue weighted by Crippen LogP contribution is -2.48. The molecule has 0 aliphatic heterocycles. The van der Waals surface area contributed by atoms with Crippen molar-refractivity contribution in [2.24, 2.45) is 0 Å². The van der Waals surface area contributed by atoms with Gasteiger partial charge < -0.3 is 20.5 Å². The molecule has 1 atom stereocenters. The van der Waals surface area contributed by atoms with Gasteiger partial charge in [-0.1, -0.05) is 140 Å². The number of carboxylic acids is 1. The zero-order chi connectivity index (χ0) is 31.9. The molecular weight excluding hydrogens is 576 g/mol. The molecule has 6 rings (SSSR count). The number of fused-ring (bicyclic) bond motifs is 3. The average molecular weight is 611 g/mol. The third kappa shape index (κ3) is 6.13. The molecule has 0 spiro atoms. The number of rotatable bonds is 11. The van der Waals surface area contributed by atoms with Crippen LogP contribution in [0.3, 0.4) is 0 Å². The van der Waals surface area contributed by atoms with Gasteiger partial charge in [0.05, 0.1) is 0 Å². The first-order valence-electron chi connectivity index (χ1n) is 15.3. The van der Waals surface area contributed by atoms with Crippen LogP contribution in [0.1, 0.15) is 46.6 Å². The van der Waals surface area contributed by atoms with Gasteiger partial charge in [0.2, 0.25) is 5.91 Å². The number of carboxylic acid groups (broad SMARTS) is 1. The van der Waals surface area contributed by atoms with E-state index < -0.39 is 23.6 Å². The van der Waals surface area contributed by atoms with E-state index in [-0.39, 0.29) is 31.3 Å². The highest BCUT2D eigenvalue weighted by molar-refractivity contribution is 5.83. The van der Waals surface area contributed by atoms with E-state index in [1.807, 2.05) is 140 Å². The minimum atomic E-state index is -1.32. The molecule has 0 saturated carbocycles. The van der Waals surface area contributed by atoms with Crippen LogP contribution in [0.2, 0.25) is 0 Å². The van der Waals surface area contributed by atoms with E-state index in [9.17, 15) is 19.5 Å². The van der Waals surface area contributed by atoms with Crippen molar-refractivity contribution in [3.05, 3.63) is 167 Å². The van der Waals surface area contributed by atoms with Gasteiger partial charge in [0.1, 0.15) is 18.2 Å². The number of benzene rings is 5. The summed E-state index contributed by atoms with van der Waals surface area (Å²) in [5.74, 6) is -1.77. The molecular formula is C39H34N2O5. The number of aliphatic carboxylic acids is 1. The van der Waals surface area contributed by atoms with Gasteiger partial charge in [0.25, 0.3) is 0 Å². The Kier molecular flexibility index (Phi) is 8.92. The molecule has 0 aromatic heterocycles. The summed E-state index contributed by atoms with van der Waals surface area (Å²) in [6.45, 7) is 0.0560. The Morgan fingerprint density at radius 1 is 0.652 bits per heavy atom. The number of amides is 2. The molecule has 0 heterocycles. The van der Waals surface area contributed by atoms with Crippen molar-refractivity contribution in [2.75, 3.05) is 6.61 Å². The summed E-state index contributed by atoms with van der Waals surface area (Å²) in [6, 6.07) is 43.6. The molecule has 0 radical (unpaired) electrons. The molecule has 0 bridgehead atoms.